The van der Waals surface area contributed by atoms with Gasteiger partial charge in [0, 0.05) is 29.7 Å². The Bertz CT molecular complexity index is 1310. The molecule has 3 aromatic carbocycles. The number of nitrogen functional groups attached to an aromatic ring is 1. The fourth-order valence-corrected chi connectivity index (χ4v) is 4.22. The van der Waals surface area contributed by atoms with E-state index in [1.807, 2.05) is 30.3 Å². The van der Waals surface area contributed by atoms with E-state index in [2.05, 4.69) is 46.3 Å². The van der Waals surface area contributed by atoms with Crippen LogP contribution in [0, 0.1) is 0 Å². The summed E-state index contributed by atoms with van der Waals surface area (Å²) in [7, 11) is 1.39. The van der Waals surface area contributed by atoms with Crippen molar-refractivity contribution in [1.29, 1.82) is 0 Å². The van der Waals surface area contributed by atoms with E-state index in [1.54, 1.807) is 6.07 Å². The molecule has 0 amide bonds. The molecule has 2 N–H and O–H groups in total. The molecule has 4 aromatic rings. The Balaban J connectivity index is 1.49. The third kappa shape index (κ3) is 4.25. The summed E-state index contributed by atoms with van der Waals surface area (Å²) in [5.74, 6) is 0.150. The monoisotopic (exact) mass is 439 g/mol. The summed E-state index contributed by atoms with van der Waals surface area (Å²) in [4.78, 5) is 18.9. The van der Waals surface area contributed by atoms with Crippen LogP contribution in [0.1, 0.15) is 10.4 Å². The summed E-state index contributed by atoms with van der Waals surface area (Å²) in [5.41, 5.74) is 12.7. The molecule has 0 atom stereocenters. The van der Waals surface area contributed by atoms with E-state index < -0.39 is 0 Å². The van der Waals surface area contributed by atoms with Crippen LogP contribution in [0.15, 0.2) is 72.8 Å². The summed E-state index contributed by atoms with van der Waals surface area (Å²) >= 11 is 0. The maximum atomic E-state index is 11.9. The fraction of sp³-hybridized carbons (Fsp3) is 0.185. The number of nitrogens with zero attached hydrogens (tertiary/aromatic N) is 2. The topological polar surface area (TPSA) is 77.7 Å². The van der Waals surface area contributed by atoms with Crippen molar-refractivity contribution in [2.24, 2.45) is 0 Å². The summed E-state index contributed by atoms with van der Waals surface area (Å²) in [5, 5.41) is 0.984. The third-order valence-electron chi connectivity index (χ3n) is 6.02. The molecular weight excluding hydrogens is 414 g/mol. The molecule has 0 bridgehead atoms. The number of esters is 1. The van der Waals surface area contributed by atoms with Gasteiger partial charge >= 0.3 is 5.97 Å². The second kappa shape index (κ2) is 8.92. The molecule has 1 aromatic heterocycles. The second-order valence-electron chi connectivity index (χ2n) is 8.05. The van der Waals surface area contributed by atoms with Crippen molar-refractivity contribution in [2.45, 2.75) is 0 Å². The number of pyridine rings is 1. The lowest BCUT2D eigenvalue weighted by atomic mass is 9.99. The number of nitrogens with two attached hydrogens (primary N) is 1. The van der Waals surface area contributed by atoms with Crippen molar-refractivity contribution in [3.63, 3.8) is 0 Å². The molecule has 1 fully saturated rings. The SMILES string of the molecule is COC(=O)c1cccc(-c2ccc3nc(N)c(-c4ccc(N5CCOCC5)cc4)cc3c2)c1. The Morgan fingerprint density at radius 2 is 1.67 bits per heavy atom. The smallest absolute Gasteiger partial charge is 0.337 e. The van der Waals surface area contributed by atoms with Crippen LogP contribution >= 0.6 is 0 Å². The van der Waals surface area contributed by atoms with Gasteiger partial charge in [0.25, 0.3) is 0 Å². The number of carbonyl (C=O) groups is 1. The molecule has 1 saturated heterocycles. The molecule has 1 aliphatic heterocycles. The molecule has 1 aliphatic rings. The molecule has 0 radical (unpaired) electrons. The van der Waals surface area contributed by atoms with Gasteiger partial charge in [-0.25, -0.2) is 9.78 Å². The van der Waals surface area contributed by atoms with Crippen LogP contribution in [-0.2, 0) is 9.47 Å². The van der Waals surface area contributed by atoms with Crippen molar-refractivity contribution in [1.82, 2.24) is 4.98 Å². The van der Waals surface area contributed by atoms with E-state index in [-0.39, 0.29) is 5.97 Å². The van der Waals surface area contributed by atoms with Gasteiger partial charge in [0.05, 0.1) is 31.4 Å². The van der Waals surface area contributed by atoms with Gasteiger partial charge in [-0.1, -0.05) is 30.3 Å². The molecule has 0 aliphatic carbocycles. The summed E-state index contributed by atoms with van der Waals surface area (Å²) in [6, 6.07) is 23.9. The highest BCUT2D eigenvalue weighted by Gasteiger charge is 2.13. The quantitative estimate of drug-likeness (QED) is 0.462. The fourth-order valence-electron chi connectivity index (χ4n) is 4.22. The lowest BCUT2D eigenvalue weighted by molar-refractivity contribution is 0.0601. The first-order chi connectivity index (χ1) is 16.1. The highest BCUT2D eigenvalue weighted by Crippen LogP contribution is 2.32. The second-order valence-corrected chi connectivity index (χ2v) is 8.05. The maximum Gasteiger partial charge on any atom is 0.337 e. The van der Waals surface area contributed by atoms with Crippen molar-refractivity contribution in [3.8, 4) is 22.3 Å². The van der Waals surface area contributed by atoms with Crippen LogP contribution in [-0.4, -0.2) is 44.4 Å². The minimum absolute atomic E-state index is 0.352. The largest absolute Gasteiger partial charge is 0.465 e. The Hall–Kier alpha value is -3.90. The average Bonchev–Trinajstić information content (AvgIpc) is 2.88. The van der Waals surface area contributed by atoms with Gasteiger partial charge < -0.3 is 20.1 Å². The highest BCUT2D eigenvalue weighted by molar-refractivity contribution is 5.94. The van der Waals surface area contributed by atoms with Crippen LogP contribution in [0.4, 0.5) is 11.5 Å². The Labute approximate surface area is 192 Å². The molecular formula is C27H25N3O3. The van der Waals surface area contributed by atoms with Crippen LogP contribution in [0.25, 0.3) is 33.2 Å². The molecule has 33 heavy (non-hydrogen) atoms. The van der Waals surface area contributed by atoms with E-state index in [0.717, 1.165) is 59.5 Å². The zero-order valence-electron chi connectivity index (χ0n) is 18.5. The van der Waals surface area contributed by atoms with Crippen molar-refractivity contribution >= 4 is 28.4 Å². The first kappa shape index (κ1) is 21.0. The lowest BCUT2D eigenvalue weighted by Gasteiger charge is -2.29. The van der Waals surface area contributed by atoms with Crippen LogP contribution in [0.5, 0.6) is 0 Å². The zero-order chi connectivity index (χ0) is 22.8. The predicted octanol–water partition coefficient (Wildman–Crippen LogP) is 4.77. The van der Waals surface area contributed by atoms with Gasteiger partial charge in [-0.05, 0) is 59.2 Å². The number of carbonyl (C=O) groups excluding carboxylic acids is 1. The van der Waals surface area contributed by atoms with Crippen molar-refractivity contribution < 1.29 is 14.3 Å². The summed E-state index contributed by atoms with van der Waals surface area (Å²) in [6.07, 6.45) is 0. The average molecular weight is 440 g/mol. The van der Waals surface area contributed by atoms with Crippen molar-refractivity contribution in [3.05, 3.63) is 78.4 Å². The number of anilines is 2. The Kier molecular flexibility index (Phi) is 5.67. The number of methoxy groups -OCH3 is 1. The van der Waals surface area contributed by atoms with Crippen molar-refractivity contribution in [2.75, 3.05) is 44.0 Å². The zero-order valence-corrected chi connectivity index (χ0v) is 18.5. The lowest BCUT2D eigenvalue weighted by Crippen LogP contribution is -2.36. The molecule has 0 spiro atoms. The summed E-state index contributed by atoms with van der Waals surface area (Å²) < 4.78 is 10.3. The highest BCUT2D eigenvalue weighted by atomic mass is 16.5. The number of aromatic nitrogens is 1. The number of fused-ring (bicyclic) bond motifs is 1. The van der Waals surface area contributed by atoms with E-state index in [1.165, 1.54) is 12.8 Å². The van der Waals surface area contributed by atoms with Gasteiger partial charge in [-0.2, -0.15) is 0 Å². The number of hydrogen-bond acceptors (Lipinski definition) is 6. The molecule has 0 saturated carbocycles. The van der Waals surface area contributed by atoms with Gasteiger partial charge in [0.1, 0.15) is 5.82 Å². The normalized spacial score (nSPS) is 13.8. The molecule has 6 nitrogen and oxygen atoms in total. The van der Waals surface area contributed by atoms with E-state index in [9.17, 15) is 4.79 Å². The van der Waals surface area contributed by atoms with E-state index in [4.69, 9.17) is 15.2 Å². The number of benzene rings is 3. The summed E-state index contributed by atoms with van der Waals surface area (Å²) in [6.45, 7) is 3.32. The van der Waals surface area contributed by atoms with Gasteiger partial charge in [0.2, 0.25) is 0 Å². The minimum Gasteiger partial charge on any atom is -0.465 e. The van der Waals surface area contributed by atoms with Gasteiger partial charge in [0.15, 0.2) is 0 Å². The van der Waals surface area contributed by atoms with Crippen LogP contribution in [0.2, 0.25) is 0 Å². The number of rotatable bonds is 4. The van der Waals surface area contributed by atoms with E-state index >= 15 is 0 Å². The third-order valence-corrected chi connectivity index (χ3v) is 6.02. The molecule has 166 valence electrons. The van der Waals surface area contributed by atoms with E-state index in [0.29, 0.717) is 11.4 Å². The number of ether oxygens (including phenoxy) is 2. The Morgan fingerprint density at radius 1 is 0.939 bits per heavy atom. The minimum atomic E-state index is -0.352. The van der Waals surface area contributed by atoms with Gasteiger partial charge in [-0.15, -0.1) is 0 Å². The predicted molar refractivity (Wildman–Crippen MR) is 131 cm³/mol. The molecule has 2 heterocycles. The Morgan fingerprint density at radius 3 is 2.42 bits per heavy atom. The standard InChI is InChI=1S/C27H25N3O3/c1-32-27(31)21-4-2-3-19(15-21)20-7-10-25-22(16-20)17-24(26(28)29-25)18-5-8-23(9-6-18)30-11-13-33-14-12-30/h2-10,15-17H,11-14H2,1H3,(H2,28,29). The maximum absolute atomic E-state index is 11.9. The first-order valence-electron chi connectivity index (χ1n) is 10.9. The van der Waals surface area contributed by atoms with Crippen LogP contribution < -0.4 is 10.6 Å². The van der Waals surface area contributed by atoms with Gasteiger partial charge in [-0.3, -0.25) is 0 Å². The molecule has 0 unspecified atom stereocenters. The van der Waals surface area contributed by atoms with Crippen LogP contribution in [0.3, 0.4) is 0 Å². The molecule has 5 rings (SSSR count). The number of morpholine rings is 1. The first-order valence-corrected chi connectivity index (χ1v) is 10.9. The number of hydrogen-bond donors (Lipinski definition) is 1. The molecule has 6 heteroatoms.